The Morgan fingerprint density at radius 1 is 1.33 bits per heavy atom. The number of hydrogen-bond acceptors (Lipinski definition) is 6. The van der Waals surface area contributed by atoms with Crippen LogP contribution >= 0.6 is 0 Å². The van der Waals surface area contributed by atoms with E-state index in [1.807, 2.05) is 37.4 Å². The number of aliphatic hydroxyl groups is 1. The largest absolute Gasteiger partial charge is 0.388 e. The third-order valence-electron chi connectivity index (χ3n) is 4.30. The number of aryl methyl sites for hydroxylation is 1. The third-order valence-corrected chi connectivity index (χ3v) is 4.30. The van der Waals surface area contributed by atoms with Crippen LogP contribution in [0.15, 0.2) is 30.3 Å². The lowest BCUT2D eigenvalue weighted by Crippen LogP contribution is -2.45. The molecule has 0 spiro atoms. The summed E-state index contributed by atoms with van der Waals surface area (Å²) in [6.07, 6.45) is 0.980. The van der Waals surface area contributed by atoms with Gasteiger partial charge in [0.05, 0.1) is 12.5 Å². The van der Waals surface area contributed by atoms with Crippen molar-refractivity contribution >= 4 is 11.9 Å². The number of piperidine rings is 1. The number of tetrazole rings is 1. The molecular weight excluding hydrogens is 308 g/mol. The molecule has 1 saturated heterocycles. The minimum absolute atomic E-state index is 0.0808. The van der Waals surface area contributed by atoms with E-state index in [4.69, 9.17) is 0 Å². The second-order valence-electron chi connectivity index (χ2n) is 6.06. The summed E-state index contributed by atoms with van der Waals surface area (Å²) in [6.45, 7) is 1.58. The van der Waals surface area contributed by atoms with Gasteiger partial charge in [-0.1, -0.05) is 35.4 Å². The maximum Gasteiger partial charge on any atom is 0.245 e. The van der Waals surface area contributed by atoms with Gasteiger partial charge < -0.3 is 15.3 Å². The van der Waals surface area contributed by atoms with E-state index in [-0.39, 0.29) is 18.4 Å². The van der Waals surface area contributed by atoms with Crippen LogP contribution in [0, 0.1) is 0 Å². The van der Waals surface area contributed by atoms with Crippen LogP contribution in [0.4, 0.5) is 5.95 Å². The molecule has 0 bridgehead atoms. The van der Waals surface area contributed by atoms with Gasteiger partial charge in [-0.25, -0.2) is 4.68 Å². The summed E-state index contributed by atoms with van der Waals surface area (Å²) in [7, 11) is 1.81. The summed E-state index contributed by atoms with van der Waals surface area (Å²) in [5.41, 5.74) is 0.761. The van der Waals surface area contributed by atoms with Gasteiger partial charge in [-0.15, -0.1) is 0 Å². The zero-order chi connectivity index (χ0) is 16.9. The Morgan fingerprint density at radius 2 is 2.04 bits per heavy atom. The van der Waals surface area contributed by atoms with Crippen LogP contribution in [-0.4, -0.2) is 50.4 Å². The number of aliphatic hydroxyl groups excluding tert-OH is 1. The number of anilines is 1. The van der Waals surface area contributed by atoms with Crippen LogP contribution in [0.5, 0.6) is 0 Å². The number of amides is 1. The minimum Gasteiger partial charge on any atom is -0.388 e. The predicted molar refractivity (Wildman–Crippen MR) is 88.2 cm³/mol. The molecule has 1 aliphatic rings. The molecule has 2 aromatic rings. The second-order valence-corrected chi connectivity index (χ2v) is 6.06. The molecule has 128 valence electrons. The van der Waals surface area contributed by atoms with Crippen LogP contribution < -0.4 is 10.2 Å². The molecule has 8 heteroatoms. The van der Waals surface area contributed by atoms with E-state index in [0.717, 1.165) is 37.4 Å². The molecule has 2 heterocycles. The zero-order valence-electron chi connectivity index (χ0n) is 13.7. The Kier molecular flexibility index (Phi) is 5.05. The first-order chi connectivity index (χ1) is 11.6. The van der Waals surface area contributed by atoms with Crippen molar-refractivity contribution in [2.24, 2.45) is 7.05 Å². The van der Waals surface area contributed by atoms with E-state index in [2.05, 4.69) is 25.7 Å². The zero-order valence-corrected chi connectivity index (χ0v) is 13.7. The standard InChI is InChI=1S/C16H22N6O2/c1-21-16(18-19-20-21)22-9-7-13(8-10-22)17-15(24)11-14(23)12-5-3-2-4-6-12/h2-6,13-14,23H,7-11H2,1H3,(H,17,24). The number of hydrogen-bond donors (Lipinski definition) is 2. The van der Waals surface area contributed by atoms with Gasteiger partial charge in [-0.05, 0) is 28.8 Å². The van der Waals surface area contributed by atoms with E-state index < -0.39 is 6.10 Å². The van der Waals surface area contributed by atoms with Crippen molar-refractivity contribution in [3.05, 3.63) is 35.9 Å². The van der Waals surface area contributed by atoms with Crippen molar-refractivity contribution < 1.29 is 9.90 Å². The number of benzene rings is 1. The number of aromatic nitrogens is 4. The van der Waals surface area contributed by atoms with Gasteiger partial charge in [0.1, 0.15) is 0 Å². The molecule has 0 aliphatic carbocycles. The molecule has 0 saturated carbocycles. The fraction of sp³-hybridized carbons (Fsp3) is 0.500. The predicted octanol–water partition coefficient (Wildman–Crippen LogP) is 0.419. The molecule has 3 rings (SSSR count). The molecule has 1 aliphatic heterocycles. The van der Waals surface area contributed by atoms with Crippen molar-refractivity contribution in [2.45, 2.75) is 31.4 Å². The van der Waals surface area contributed by atoms with Gasteiger partial charge in [-0.2, -0.15) is 0 Å². The molecule has 8 nitrogen and oxygen atoms in total. The van der Waals surface area contributed by atoms with E-state index in [1.54, 1.807) is 4.68 Å². The van der Waals surface area contributed by atoms with Gasteiger partial charge >= 0.3 is 0 Å². The molecule has 1 fully saturated rings. The maximum atomic E-state index is 12.1. The summed E-state index contributed by atoms with van der Waals surface area (Å²) in [6, 6.07) is 9.37. The van der Waals surface area contributed by atoms with Gasteiger partial charge in [-0.3, -0.25) is 4.79 Å². The Labute approximate surface area is 140 Å². The lowest BCUT2D eigenvalue weighted by atomic mass is 10.0. The van der Waals surface area contributed by atoms with Gasteiger partial charge in [0.25, 0.3) is 0 Å². The van der Waals surface area contributed by atoms with Gasteiger partial charge in [0.15, 0.2) is 0 Å². The quantitative estimate of drug-likeness (QED) is 0.825. The number of carbonyl (C=O) groups excluding carboxylic acids is 1. The smallest absolute Gasteiger partial charge is 0.245 e. The summed E-state index contributed by atoms with van der Waals surface area (Å²) in [4.78, 5) is 14.3. The number of nitrogens with zero attached hydrogens (tertiary/aromatic N) is 5. The van der Waals surface area contributed by atoms with E-state index in [9.17, 15) is 9.90 Å². The van der Waals surface area contributed by atoms with Crippen molar-refractivity contribution in [2.75, 3.05) is 18.0 Å². The average Bonchev–Trinajstić information content (AvgIpc) is 3.02. The molecule has 1 aromatic heterocycles. The fourth-order valence-corrected chi connectivity index (χ4v) is 2.97. The summed E-state index contributed by atoms with van der Waals surface area (Å²) < 4.78 is 1.65. The molecule has 1 amide bonds. The highest BCUT2D eigenvalue weighted by atomic mass is 16.3. The Morgan fingerprint density at radius 3 is 2.67 bits per heavy atom. The van der Waals surface area contributed by atoms with Crippen LogP contribution in [0.2, 0.25) is 0 Å². The first-order valence-electron chi connectivity index (χ1n) is 8.13. The molecule has 0 radical (unpaired) electrons. The summed E-state index contributed by atoms with van der Waals surface area (Å²) in [5, 5.41) is 24.6. The van der Waals surface area contributed by atoms with Crippen LogP contribution in [-0.2, 0) is 11.8 Å². The molecule has 1 unspecified atom stereocenters. The SMILES string of the molecule is Cn1nnnc1N1CCC(NC(=O)CC(O)c2ccccc2)CC1. The van der Waals surface area contributed by atoms with Gasteiger partial charge in [0.2, 0.25) is 11.9 Å². The van der Waals surface area contributed by atoms with E-state index in [0.29, 0.717) is 0 Å². The number of rotatable bonds is 5. The normalized spacial score (nSPS) is 16.8. The fourth-order valence-electron chi connectivity index (χ4n) is 2.97. The monoisotopic (exact) mass is 330 g/mol. The lowest BCUT2D eigenvalue weighted by Gasteiger charge is -2.32. The minimum atomic E-state index is -0.768. The third kappa shape index (κ3) is 3.88. The molecule has 2 N–H and O–H groups in total. The highest BCUT2D eigenvalue weighted by Crippen LogP contribution is 2.18. The molecule has 1 aromatic carbocycles. The molecule has 24 heavy (non-hydrogen) atoms. The maximum absolute atomic E-state index is 12.1. The number of nitrogens with one attached hydrogen (secondary N) is 1. The summed E-state index contributed by atoms with van der Waals surface area (Å²) >= 11 is 0. The van der Waals surface area contributed by atoms with Crippen molar-refractivity contribution in [1.82, 2.24) is 25.5 Å². The van der Waals surface area contributed by atoms with Crippen molar-refractivity contribution in [3.8, 4) is 0 Å². The molecular formula is C16H22N6O2. The average molecular weight is 330 g/mol. The first-order valence-corrected chi connectivity index (χ1v) is 8.13. The molecule has 1 atom stereocenters. The van der Waals surface area contributed by atoms with Crippen molar-refractivity contribution in [3.63, 3.8) is 0 Å². The van der Waals surface area contributed by atoms with Crippen LogP contribution in [0.25, 0.3) is 0 Å². The summed E-state index contributed by atoms with van der Waals surface area (Å²) in [5.74, 6) is 0.629. The Bertz CT molecular complexity index is 666. The number of carbonyl (C=O) groups is 1. The van der Waals surface area contributed by atoms with Crippen molar-refractivity contribution in [1.29, 1.82) is 0 Å². The van der Waals surface area contributed by atoms with E-state index >= 15 is 0 Å². The second kappa shape index (κ2) is 7.39. The Hall–Kier alpha value is -2.48. The Balaban J connectivity index is 1.46. The topological polar surface area (TPSA) is 96.2 Å². The van der Waals surface area contributed by atoms with Crippen LogP contribution in [0.3, 0.4) is 0 Å². The van der Waals surface area contributed by atoms with Gasteiger partial charge in [0, 0.05) is 26.2 Å². The first kappa shape index (κ1) is 16.4. The lowest BCUT2D eigenvalue weighted by molar-refractivity contribution is -0.123. The highest BCUT2D eigenvalue weighted by molar-refractivity contribution is 5.77. The highest BCUT2D eigenvalue weighted by Gasteiger charge is 2.24. The van der Waals surface area contributed by atoms with Crippen LogP contribution in [0.1, 0.15) is 30.9 Å². The van der Waals surface area contributed by atoms with E-state index in [1.165, 1.54) is 0 Å².